The summed E-state index contributed by atoms with van der Waals surface area (Å²) in [5.74, 6) is -0.825. The van der Waals surface area contributed by atoms with E-state index in [9.17, 15) is 19.0 Å². The fourth-order valence-corrected chi connectivity index (χ4v) is 8.17. The third-order valence-corrected chi connectivity index (χ3v) is 12.3. The highest BCUT2D eigenvalue weighted by atomic mass is 31.2. The molecule has 3 N–H and O–H groups in total. The highest BCUT2D eigenvalue weighted by molar-refractivity contribution is 7.47. The third-order valence-electron chi connectivity index (χ3n) is 11.3. The Labute approximate surface area is 382 Å². The molecule has 0 saturated carbocycles. The number of hydrogen-bond acceptors (Lipinski definition) is 8. The molecule has 0 fully saturated rings. The molecule has 0 bridgehead atoms. The predicted octanol–water partition coefficient (Wildman–Crippen LogP) is 15.7. The number of phosphoric acid groups is 1. The number of ether oxygens (including phenoxy) is 2. The predicted molar refractivity (Wildman–Crippen MR) is 261 cm³/mol. The molecule has 9 nitrogen and oxygen atoms in total. The summed E-state index contributed by atoms with van der Waals surface area (Å²) in [5.41, 5.74) is 5.37. The Kier molecular flexibility index (Phi) is 47.3. The highest BCUT2D eigenvalue weighted by Gasteiger charge is 2.26. The molecule has 0 radical (unpaired) electrons. The van der Waals surface area contributed by atoms with E-state index in [1.807, 2.05) is 0 Å². The molecule has 0 saturated heterocycles. The van der Waals surface area contributed by atoms with E-state index in [1.54, 1.807) is 0 Å². The zero-order chi connectivity index (χ0) is 45.3. The molecule has 0 aromatic heterocycles. The number of phosphoric ester groups is 1. The number of carbonyl (C=O) groups is 2. The van der Waals surface area contributed by atoms with E-state index in [-0.39, 0.29) is 38.6 Å². The van der Waals surface area contributed by atoms with Gasteiger partial charge in [0.1, 0.15) is 6.61 Å². The van der Waals surface area contributed by atoms with Crippen LogP contribution in [0.5, 0.6) is 0 Å². The van der Waals surface area contributed by atoms with Crippen LogP contribution in [0, 0.1) is 0 Å². The van der Waals surface area contributed by atoms with E-state index < -0.39 is 26.5 Å². The van der Waals surface area contributed by atoms with E-state index in [0.29, 0.717) is 6.42 Å². The van der Waals surface area contributed by atoms with Crippen LogP contribution in [-0.2, 0) is 32.7 Å². The minimum Gasteiger partial charge on any atom is -0.462 e. The Hall–Kier alpha value is -1.77. The van der Waals surface area contributed by atoms with Gasteiger partial charge in [-0.15, -0.1) is 0 Å². The smallest absolute Gasteiger partial charge is 0.462 e. The lowest BCUT2D eigenvalue weighted by atomic mass is 10.0. The van der Waals surface area contributed by atoms with Crippen molar-refractivity contribution in [2.24, 2.45) is 5.73 Å². The average molecular weight is 896 g/mol. The molecule has 0 amide bonds. The van der Waals surface area contributed by atoms with Gasteiger partial charge in [0, 0.05) is 19.4 Å². The van der Waals surface area contributed by atoms with Crippen molar-refractivity contribution in [1.82, 2.24) is 0 Å². The van der Waals surface area contributed by atoms with Crippen LogP contribution in [0.25, 0.3) is 0 Å². The Bertz CT molecular complexity index is 1110. The van der Waals surface area contributed by atoms with Gasteiger partial charge in [-0.05, 0) is 51.4 Å². The molecule has 62 heavy (non-hydrogen) atoms. The van der Waals surface area contributed by atoms with Gasteiger partial charge in [-0.1, -0.05) is 224 Å². The van der Waals surface area contributed by atoms with E-state index >= 15 is 0 Å². The molecular weight excluding hydrogens is 798 g/mol. The van der Waals surface area contributed by atoms with Gasteiger partial charge in [0.15, 0.2) is 6.10 Å². The molecule has 10 heteroatoms. The van der Waals surface area contributed by atoms with Crippen molar-refractivity contribution in [3.63, 3.8) is 0 Å². The summed E-state index contributed by atoms with van der Waals surface area (Å²) in [5, 5.41) is 0. The van der Waals surface area contributed by atoms with Crippen molar-refractivity contribution in [2.45, 2.75) is 258 Å². The average Bonchev–Trinajstić information content (AvgIpc) is 3.26. The van der Waals surface area contributed by atoms with Crippen molar-refractivity contribution in [1.29, 1.82) is 0 Å². The summed E-state index contributed by atoms with van der Waals surface area (Å²) in [4.78, 5) is 35.1. The second-order valence-corrected chi connectivity index (χ2v) is 18.9. The molecule has 0 aliphatic rings. The first-order valence-electron chi connectivity index (χ1n) is 26.0. The fourth-order valence-electron chi connectivity index (χ4n) is 7.41. The van der Waals surface area contributed by atoms with Crippen molar-refractivity contribution >= 4 is 19.8 Å². The lowest BCUT2D eigenvalue weighted by molar-refractivity contribution is -0.161. The Morgan fingerprint density at radius 3 is 1.24 bits per heavy atom. The van der Waals surface area contributed by atoms with Gasteiger partial charge in [-0.2, -0.15) is 0 Å². The van der Waals surface area contributed by atoms with Crippen LogP contribution in [0.4, 0.5) is 0 Å². The molecule has 0 spiro atoms. The van der Waals surface area contributed by atoms with Crippen molar-refractivity contribution < 1.29 is 37.6 Å². The fraction of sp³-hybridized carbons (Fsp3) is 0.846. The summed E-state index contributed by atoms with van der Waals surface area (Å²) >= 11 is 0. The molecule has 2 unspecified atom stereocenters. The molecule has 0 aliphatic heterocycles. The molecule has 2 atom stereocenters. The molecule has 364 valence electrons. The molecule has 0 aromatic rings. The molecular formula is C52H98NO8P. The largest absolute Gasteiger partial charge is 0.472 e. The lowest BCUT2D eigenvalue weighted by Gasteiger charge is -2.19. The number of rotatable bonds is 49. The Balaban J connectivity index is 4.05. The standard InChI is InChI=1S/C52H98NO8P/c1-3-5-7-9-11-13-15-17-19-21-23-24-25-26-27-29-31-33-35-37-39-41-43-45-52(55)61-50(49-60-62(56,57)59-47-46-53)48-58-51(54)44-42-40-38-36-34-32-30-28-22-20-18-16-14-12-10-8-6-4-2/h15,17,21,23,25-26,50H,3-14,16,18-20,22,24,27-49,53H2,1-2H3,(H,56,57)/b17-15-,23-21-,26-25-. The summed E-state index contributed by atoms with van der Waals surface area (Å²) in [6.45, 7) is 3.75. The SMILES string of the molecule is CCCCCCC/C=C\C/C=C\C/C=C\CCCCCCCCCCC(=O)OC(COC(=O)CCCCCCCCCCCCCCCCCCCC)COP(=O)(O)OCCN. The molecule has 0 aromatic carbocycles. The summed E-state index contributed by atoms with van der Waals surface area (Å²) < 4.78 is 32.9. The topological polar surface area (TPSA) is 134 Å². The zero-order valence-corrected chi connectivity index (χ0v) is 41.3. The highest BCUT2D eigenvalue weighted by Crippen LogP contribution is 2.43. The third kappa shape index (κ3) is 47.7. The van der Waals surface area contributed by atoms with Gasteiger partial charge in [-0.25, -0.2) is 4.57 Å². The van der Waals surface area contributed by atoms with Crippen LogP contribution < -0.4 is 5.73 Å². The van der Waals surface area contributed by atoms with Crippen LogP contribution >= 0.6 is 7.82 Å². The number of unbranched alkanes of at least 4 members (excludes halogenated alkanes) is 30. The number of carbonyl (C=O) groups excluding carboxylic acids is 2. The number of hydrogen-bond donors (Lipinski definition) is 2. The van der Waals surface area contributed by atoms with Gasteiger partial charge in [0.2, 0.25) is 0 Å². The first-order chi connectivity index (χ1) is 30.3. The van der Waals surface area contributed by atoms with Crippen molar-refractivity contribution in [3.05, 3.63) is 36.5 Å². The van der Waals surface area contributed by atoms with Crippen LogP contribution in [-0.4, -0.2) is 49.3 Å². The number of esters is 2. The second-order valence-electron chi connectivity index (χ2n) is 17.4. The number of allylic oxidation sites excluding steroid dienone is 6. The second kappa shape index (κ2) is 48.7. The summed E-state index contributed by atoms with van der Waals surface area (Å²) in [7, 11) is -4.38. The van der Waals surface area contributed by atoms with Crippen LogP contribution in [0.1, 0.15) is 251 Å². The molecule has 0 heterocycles. The van der Waals surface area contributed by atoms with Crippen molar-refractivity contribution in [2.75, 3.05) is 26.4 Å². The first kappa shape index (κ1) is 60.2. The first-order valence-corrected chi connectivity index (χ1v) is 27.5. The van der Waals surface area contributed by atoms with E-state index in [1.165, 1.54) is 161 Å². The van der Waals surface area contributed by atoms with E-state index in [4.69, 9.17) is 24.3 Å². The zero-order valence-electron chi connectivity index (χ0n) is 40.4. The normalized spacial score (nSPS) is 13.4. The summed E-state index contributed by atoms with van der Waals surface area (Å²) in [6.07, 6.45) is 56.1. The van der Waals surface area contributed by atoms with Gasteiger partial charge in [-0.3, -0.25) is 18.6 Å². The van der Waals surface area contributed by atoms with Gasteiger partial charge in [0.05, 0.1) is 13.2 Å². The molecule has 0 aliphatic carbocycles. The van der Waals surface area contributed by atoms with Gasteiger partial charge < -0.3 is 20.1 Å². The summed E-state index contributed by atoms with van der Waals surface area (Å²) in [6, 6.07) is 0. The maximum absolute atomic E-state index is 12.7. The van der Waals surface area contributed by atoms with Crippen molar-refractivity contribution in [3.8, 4) is 0 Å². The maximum atomic E-state index is 12.7. The van der Waals surface area contributed by atoms with Crippen LogP contribution in [0.2, 0.25) is 0 Å². The minimum absolute atomic E-state index is 0.0529. The number of nitrogens with two attached hydrogens (primary N) is 1. The lowest BCUT2D eigenvalue weighted by Crippen LogP contribution is -2.29. The van der Waals surface area contributed by atoms with E-state index in [0.717, 1.165) is 57.8 Å². The Morgan fingerprint density at radius 1 is 0.484 bits per heavy atom. The van der Waals surface area contributed by atoms with Crippen LogP contribution in [0.15, 0.2) is 36.5 Å². The monoisotopic (exact) mass is 896 g/mol. The van der Waals surface area contributed by atoms with E-state index in [2.05, 4.69) is 50.3 Å². The van der Waals surface area contributed by atoms with Gasteiger partial charge in [0.25, 0.3) is 0 Å². The quantitative estimate of drug-likeness (QED) is 0.0265. The van der Waals surface area contributed by atoms with Gasteiger partial charge >= 0.3 is 19.8 Å². The minimum atomic E-state index is -4.38. The molecule has 0 rings (SSSR count). The van der Waals surface area contributed by atoms with Crippen LogP contribution in [0.3, 0.4) is 0 Å². The Morgan fingerprint density at radius 2 is 0.839 bits per heavy atom. The maximum Gasteiger partial charge on any atom is 0.472 e.